The summed E-state index contributed by atoms with van der Waals surface area (Å²) < 4.78 is 37.0. The van der Waals surface area contributed by atoms with E-state index in [-0.39, 0.29) is 35.4 Å². The van der Waals surface area contributed by atoms with Gasteiger partial charge in [0.1, 0.15) is 27.9 Å². The molecule has 0 spiro atoms. The van der Waals surface area contributed by atoms with Gasteiger partial charge in [-0.15, -0.1) is 0 Å². The maximum atomic E-state index is 15.0. The van der Waals surface area contributed by atoms with Gasteiger partial charge in [-0.1, -0.05) is 29.8 Å². The molecule has 1 saturated carbocycles. The van der Waals surface area contributed by atoms with Crippen molar-refractivity contribution in [1.82, 2.24) is 30.0 Å². The summed E-state index contributed by atoms with van der Waals surface area (Å²) in [6.07, 6.45) is 4.92. The Balaban J connectivity index is 1.25. The zero-order valence-corrected chi connectivity index (χ0v) is 23.3. The first-order valence-electron chi connectivity index (χ1n) is 14.0. The number of carbonyl (C=O) groups is 1. The van der Waals surface area contributed by atoms with Gasteiger partial charge in [-0.2, -0.15) is 9.49 Å². The fourth-order valence-corrected chi connectivity index (χ4v) is 7.16. The number of hydrogen-bond acceptors (Lipinski definition) is 7. The average Bonchev–Trinajstić information content (AvgIpc) is 3.49. The minimum Gasteiger partial charge on any atom is -0.465 e. The molecule has 4 aromatic rings. The third-order valence-corrected chi connectivity index (χ3v) is 9.34. The maximum Gasteiger partial charge on any atom is 0.404 e. The molecule has 1 unspecified atom stereocenters. The fraction of sp³-hybridized carbons (Fsp3) is 0.414. The fourth-order valence-electron chi connectivity index (χ4n) is 6.95. The van der Waals surface area contributed by atoms with Crippen LogP contribution in [0.3, 0.4) is 0 Å². The number of amides is 1. The standard InChI is InChI=1S/C29H28ClF2N7O3/c30-23-16(8-10-33-26(23)32)24-25-27(39(37-24)22-7-3-4-12-42-22)36-21(13-34-25)38-11-9-17-19(14-38)29(17,15-35-28(40)41)18-5-1-2-6-20(18)31/h1-2,5-6,8,10,13,17,19,22,35H,3-4,7,9,11-12,14-15H2,(H,40,41)/t17-,19+,22?,29-/m1/s1. The molecule has 218 valence electrons. The van der Waals surface area contributed by atoms with Gasteiger partial charge in [0.05, 0.1) is 6.20 Å². The largest absolute Gasteiger partial charge is 0.465 e. The Labute approximate surface area is 244 Å². The summed E-state index contributed by atoms with van der Waals surface area (Å²) >= 11 is 6.29. The minimum atomic E-state index is -1.13. The van der Waals surface area contributed by atoms with Crippen molar-refractivity contribution >= 4 is 34.7 Å². The van der Waals surface area contributed by atoms with Crippen LogP contribution in [-0.4, -0.2) is 62.2 Å². The van der Waals surface area contributed by atoms with E-state index in [4.69, 9.17) is 31.4 Å². The molecule has 2 aliphatic heterocycles. The number of piperidine rings is 1. The van der Waals surface area contributed by atoms with Crippen molar-refractivity contribution in [1.29, 1.82) is 0 Å². The second-order valence-corrected chi connectivity index (χ2v) is 11.5. The maximum absolute atomic E-state index is 15.0. The molecule has 0 bridgehead atoms. The Morgan fingerprint density at radius 2 is 2.02 bits per heavy atom. The lowest BCUT2D eigenvalue weighted by atomic mass is 9.90. The Kier molecular flexibility index (Phi) is 6.69. The number of benzene rings is 1. The van der Waals surface area contributed by atoms with E-state index in [1.54, 1.807) is 35.1 Å². The van der Waals surface area contributed by atoms with Gasteiger partial charge in [0, 0.05) is 43.4 Å². The van der Waals surface area contributed by atoms with Gasteiger partial charge in [-0.05, 0) is 55.2 Å². The number of aromatic nitrogens is 5. The van der Waals surface area contributed by atoms with Crippen LogP contribution in [0, 0.1) is 23.6 Å². The number of hydrogen-bond donors (Lipinski definition) is 2. The first-order chi connectivity index (χ1) is 20.4. The van der Waals surface area contributed by atoms with Gasteiger partial charge in [0.15, 0.2) is 11.9 Å². The molecule has 5 heterocycles. The predicted molar refractivity (Wildman–Crippen MR) is 150 cm³/mol. The topological polar surface area (TPSA) is 118 Å². The summed E-state index contributed by atoms with van der Waals surface area (Å²) in [6, 6.07) is 8.20. The van der Waals surface area contributed by atoms with Crippen molar-refractivity contribution in [3.8, 4) is 11.3 Å². The van der Waals surface area contributed by atoms with Crippen molar-refractivity contribution in [3.05, 3.63) is 65.1 Å². The number of fused-ring (bicyclic) bond motifs is 2. The molecule has 4 atom stereocenters. The van der Waals surface area contributed by atoms with Crippen LogP contribution >= 0.6 is 11.6 Å². The van der Waals surface area contributed by atoms with Crippen LogP contribution in [0.15, 0.2) is 42.7 Å². The van der Waals surface area contributed by atoms with Gasteiger partial charge in [-0.3, -0.25) is 0 Å². The highest BCUT2D eigenvalue weighted by Crippen LogP contribution is 2.63. The van der Waals surface area contributed by atoms with E-state index in [2.05, 4.69) is 15.2 Å². The monoisotopic (exact) mass is 595 g/mol. The van der Waals surface area contributed by atoms with Crippen molar-refractivity contribution in [2.45, 2.75) is 37.3 Å². The molecule has 3 aliphatic rings. The first kappa shape index (κ1) is 27.0. The third-order valence-electron chi connectivity index (χ3n) is 8.98. The highest BCUT2D eigenvalue weighted by molar-refractivity contribution is 6.33. The summed E-state index contributed by atoms with van der Waals surface area (Å²) in [5.74, 6) is -0.351. The summed E-state index contributed by atoms with van der Waals surface area (Å²) in [6.45, 7) is 1.93. The smallest absolute Gasteiger partial charge is 0.404 e. The minimum absolute atomic E-state index is 0.0215. The van der Waals surface area contributed by atoms with E-state index >= 15 is 4.39 Å². The summed E-state index contributed by atoms with van der Waals surface area (Å²) in [5.41, 5.74) is 1.62. The molecular weight excluding hydrogens is 568 g/mol. The molecule has 7 rings (SSSR count). The van der Waals surface area contributed by atoms with E-state index in [0.29, 0.717) is 53.5 Å². The van der Waals surface area contributed by atoms with Gasteiger partial charge < -0.3 is 20.1 Å². The Hall–Kier alpha value is -3.90. The van der Waals surface area contributed by atoms with Gasteiger partial charge in [-0.25, -0.2) is 28.8 Å². The summed E-state index contributed by atoms with van der Waals surface area (Å²) in [5, 5.41) is 16.5. The lowest BCUT2D eigenvalue weighted by Gasteiger charge is -2.27. The predicted octanol–water partition coefficient (Wildman–Crippen LogP) is 5.18. The molecule has 13 heteroatoms. The second-order valence-electron chi connectivity index (χ2n) is 11.1. The van der Waals surface area contributed by atoms with Gasteiger partial charge in [0.25, 0.3) is 0 Å². The van der Waals surface area contributed by atoms with E-state index in [0.717, 1.165) is 25.7 Å². The zero-order valence-electron chi connectivity index (χ0n) is 22.5. The number of pyridine rings is 1. The number of nitrogens with zero attached hydrogens (tertiary/aromatic N) is 6. The Bertz CT molecular complexity index is 1680. The highest BCUT2D eigenvalue weighted by Gasteiger charge is 2.67. The van der Waals surface area contributed by atoms with E-state index in [1.165, 1.54) is 12.3 Å². The SMILES string of the molecule is O=C(O)NC[C@]1(c2ccccc2F)[C@@H]2CCN(c3cnc4c(-c5ccnc(F)c5Cl)nn(C5CCCCO5)c4n3)C[C@@H]21. The van der Waals surface area contributed by atoms with Crippen LogP contribution in [-0.2, 0) is 10.2 Å². The molecule has 0 radical (unpaired) electrons. The number of carboxylic acid groups (broad SMARTS) is 1. The van der Waals surface area contributed by atoms with E-state index < -0.39 is 17.5 Å². The van der Waals surface area contributed by atoms with Crippen molar-refractivity contribution in [3.63, 3.8) is 0 Å². The molecule has 2 saturated heterocycles. The number of nitrogens with one attached hydrogen (secondary N) is 1. The number of halogens is 3. The quantitative estimate of drug-likeness (QED) is 0.293. The molecule has 2 N–H and O–H groups in total. The van der Waals surface area contributed by atoms with Crippen LogP contribution in [0.1, 0.15) is 37.5 Å². The molecular formula is C29H28ClF2N7O3. The summed E-state index contributed by atoms with van der Waals surface area (Å²) in [7, 11) is 0. The van der Waals surface area contributed by atoms with Crippen LogP contribution < -0.4 is 10.2 Å². The molecule has 3 fully saturated rings. The van der Waals surface area contributed by atoms with Gasteiger partial charge >= 0.3 is 6.09 Å². The van der Waals surface area contributed by atoms with Crippen molar-refractivity contribution in [2.24, 2.45) is 11.8 Å². The normalized spacial score (nSPS) is 25.3. The molecule has 1 aromatic carbocycles. The van der Waals surface area contributed by atoms with E-state index in [1.807, 2.05) is 0 Å². The van der Waals surface area contributed by atoms with Gasteiger partial charge in [0.2, 0.25) is 5.95 Å². The Morgan fingerprint density at radius 1 is 1.17 bits per heavy atom. The molecule has 1 aliphatic carbocycles. The molecule has 3 aromatic heterocycles. The lowest BCUT2D eigenvalue weighted by Crippen LogP contribution is -2.35. The van der Waals surface area contributed by atoms with Crippen LogP contribution in [0.2, 0.25) is 5.02 Å². The summed E-state index contributed by atoms with van der Waals surface area (Å²) in [4.78, 5) is 26.9. The van der Waals surface area contributed by atoms with Crippen LogP contribution in [0.5, 0.6) is 0 Å². The molecule has 42 heavy (non-hydrogen) atoms. The van der Waals surface area contributed by atoms with Crippen molar-refractivity contribution < 1.29 is 23.4 Å². The van der Waals surface area contributed by atoms with Crippen LogP contribution in [0.4, 0.5) is 19.4 Å². The number of ether oxygens (including phenoxy) is 1. The third kappa shape index (κ3) is 4.35. The highest BCUT2D eigenvalue weighted by atomic mass is 35.5. The second kappa shape index (κ2) is 10.4. The van der Waals surface area contributed by atoms with Crippen molar-refractivity contribution in [2.75, 3.05) is 31.1 Å². The van der Waals surface area contributed by atoms with Crippen LogP contribution in [0.25, 0.3) is 22.4 Å². The average molecular weight is 596 g/mol. The first-order valence-corrected chi connectivity index (χ1v) is 14.4. The zero-order chi connectivity index (χ0) is 29.0. The Morgan fingerprint density at radius 3 is 2.81 bits per heavy atom. The molecule has 1 amide bonds. The van der Waals surface area contributed by atoms with E-state index in [9.17, 15) is 14.3 Å². The number of anilines is 1. The lowest BCUT2D eigenvalue weighted by molar-refractivity contribution is -0.0368. The number of rotatable bonds is 6. The molecule has 10 nitrogen and oxygen atoms in total.